The smallest absolute Gasteiger partial charge is 0.251 e. The first-order valence-electron chi connectivity index (χ1n) is 11.8. The van der Waals surface area contributed by atoms with E-state index < -0.39 is 0 Å². The molecule has 3 amide bonds. The Labute approximate surface area is 194 Å². The molecule has 33 heavy (non-hydrogen) atoms. The number of allylic oxidation sites excluding steroid dienone is 2. The lowest BCUT2D eigenvalue weighted by Gasteiger charge is -2.38. The van der Waals surface area contributed by atoms with Crippen molar-refractivity contribution >= 4 is 23.4 Å². The van der Waals surface area contributed by atoms with Crippen LogP contribution in [-0.2, 0) is 15.0 Å². The van der Waals surface area contributed by atoms with E-state index in [2.05, 4.69) is 35.0 Å². The maximum Gasteiger partial charge on any atom is 0.251 e. The Kier molecular flexibility index (Phi) is 5.75. The maximum absolute atomic E-state index is 13.1. The molecule has 2 fully saturated rings. The van der Waals surface area contributed by atoms with Crippen LogP contribution in [0.2, 0.25) is 0 Å². The van der Waals surface area contributed by atoms with Gasteiger partial charge < -0.3 is 5.32 Å². The lowest BCUT2D eigenvalue weighted by atomic mass is 9.79. The van der Waals surface area contributed by atoms with Gasteiger partial charge in [-0.3, -0.25) is 19.8 Å². The minimum atomic E-state index is -0.352. The molecular weight excluding hydrogens is 414 g/mol. The summed E-state index contributed by atoms with van der Waals surface area (Å²) in [5.74, 6) is -1.12. The van der Waals surface area contributed by atoms with Crippen molar-refractivity contribution in [3.63, 3.8) is 0 Å². The fourth-order valence-corrected chi connectivity index (χ4v) is 5.53. The van der Waals surface area contributed by atoms with Crippen LogP contribution in [0, 0.1) is 11.8 Å². The van der Waals surface area contributed by atoms with Gasteiger partial charge in [-0.05, 0) is 49.4 Å². The molecule has 6 heteroatoms. The Balaban J connectivity index is 1.32. The largest absolute Gasteiger partial charge is 0.351 e. The van der Waals surface area contributed by atoms with Gasteiger partial charge in [0.1, 0.15) is 0 Å². The fraction of sp³-hybridized carbons (Fsp3) is 0.370. The topological polar surface area (TPSA) is 78.5 Å². The summed E-state index contributed by atoms with van der Waals surface area (Å²) in [6.07, 6.45) is 9.51. The van der Waals surface area contributed by atoms with E-state index in [0.29, 0.717) is 30.6 Å². The molecule has 2 aromatic rings. The van der Waals surface area contributed by atoms with Crippen LogP contribution in [0.4, 0.5) is 5.69 Å². The summed E-state index contributed by atoms with van der Waals surface area (Å²) in [6, 6.07) is 17.3. The van der Waals surface area contributed by atoms with E-state index in [1.165, 1.54) is 10.6 Å². The van der Waals surface area contributed by atoms with E-state index in [0.717, 1.165) is 25.7 Å². The summed E-state index contributed by atoms with van der Waals surface area (Å²) >= 11 is 0. The second-order valence-electron chi connectivity index (χ2n) is 9.39. The van der Waals surface area contributed by atoms with Crippen molar-refractivity contribution in [2.75, 3.05) is 11.6 Å². The maximum atomic E-state index is 13.1. The van der Waals surface area contributed by atoms with E-state index >= 15 is 0 Å². The van der Waals surface area contributed by atoms with Crippen molar-refractivity contribution in [3.05, 3.63) is 77.9 Å². The summed E-state index contributed by atoms with van der Waals surface area (Å²) in [5.41, 5.74) is 4.95. The average molecular weight is 444 g/mol. The molecule has 1 aliphatic heterocycles. The lowest BCUT2D eigenvalue weighted by molar-refractivity contribution is -0.139. The molecule has 2 unspecified atom stereocenters. The van der Waals surface area contributed by atoms with Crippen molar-refractivity contribution in [3.8, 4) is 0 Å². The fourth-order valence-electron chi connectivity index (χ4n) is 5.53. The van der Waals surface area contributed by atoms with Gasteiger partial charge in [0, 0.05) is 17.5 Å². The Hall–Kier alpha value is -3.41. The van der Waals surface area contributed by atoms with Crippen LogP contribution >= 0.6 is 0 Å². The average Bonchev–Trinajstić information content (AvgIpc) is 3.36. The van der Waals surface area contributed by atoms with Crippen LogP contribution in [0.5, 0.6) is 0 Å². The van der Waals surface area contributed by atoms with Crippen molar-refractivity contribution in [1.29, 1.82) is 0 Å². The van der Waals surface area contributed by atoms with Crippen LogP contribution in [0.3, 0.4) is 0 Å². The molecular formula is C27H29N3O3. The molecule has 1 heterocycles. The van der Waals surface area contributed by atoms with Gasteiger partial charge in [-0.15, -0.1) is 0 Å². The first-order valence-corrected chi connectivity index (χ1v) is 11.8. The third-order valence-corrected chi connectivity index (χ3v) is 7.43. The van der Waals surface area contributed by atoms with Crippen molar-refractivity contribution in [2.24, 2.45) is 11.8 Å². The molecule has 6 nitrogen and oxygen atoms in total. The molecule has 0 aromatic heterocycles. The highest BCUT2D eigenvalue weighted by Gasteiger charge is 2.42. The van der Waals surface area contributed by atoms with Crippen molar-refractivity contribution < 1.29 is 14.4 Å². The Bertz CT molecular complexity index is 1090. The van der Waals surface area contributed by atoms with Crippen LogP contribution in [0.1, 0.15) is 54.4 Å². The van der Waals surface area contributed by atoms with Gasteiger partial charge in [0.25, 0.3) is 5.91 Å². The second-order valence-corrected chi connectivity index (χ2v) is 9.39. The third-order valence-electron chi connectivity index (χ3n) is 7.43. The van der Waals surface area contributed by atoms with Gasteiger partial charge in [0.15, 0.2) is 0 Å². The zero-order valence-electron chi connectivity index (χ0n) is 18.6. The summed E-state index contributed by atoms with van der Waals surface area (Å²) in [7, 11) is 0. The standard InChI is InChI=1S/C27H29N3O3/c31-24(28-18-27(15-6-7-16-27)20-10-2-1-3-11-20)19-9-8-12-21(17-19)30-26(33)23-14-5-4-13-22(23)25(32)29-30/h1-5,8-12,17,22-23H,6-7,13-16,18H2,(H,28,31)(H,29,32). The van der Waals surface area contributed by atoms with E-state index in [9.17, 15) is 14.4 Å². The number of rotatable bonds is 5. The van der Waals surface area contributed by atoms with Crippen LogP contribution in [-0.4, -0.2) is 24.3 Å². The van der Waals surface area contributed by atoms with E-state index in [-0.39, 0.29) is 35.0 Å². The van der Waals surface area contributed by atoms with Gasteiger partial charge in [-0.1, -0.05) is 61.4 Å². The Morgan fingerprint density at radius 3 is 2.45 bits per heavy atom. The monoisotopic (exact) mass is 443 g/mol. The van der Waals surface area contributed by atoms with E-state index in [4.69, 9.17) is 0 Å². The molecule has 0 radical (unpaired) electrons. The quantitative estimate of drug-likeness (QED) is 0.689. The third kappa shape index (κ3) is 4.06. The van der Waals surface area contributed by atoms with Crippen LogP contribution < -0.4 is 15.8 Å². The van der Waals surface area contributed by atoms with Crippen LogP contribution in [0.15, 0.2) is 66.7 Å². The molecule has 5 rings (SSSR count). The Morgan fingerprint density at radius 1 is 0.970 bits per heavy atom. The molecule has 2 N–H and O–H groups in total. The highest BCUT2D eigenvalue weighted by atomic mass is 16.2. The molecule has 3 aliphatic rings. The van der Waals surface area contributed by atoms with Crippen LogP contribution in [0.25, 0.3) is 0 Å². The number of hydrazine groups is 1. The number of amides is 3. The number of nitrogens with one attached hydrogen (secondary N) is 2. The molecule has 1 saturated heterocycles. The summed E-state index contributed by atoms with van der Waals surface area (Å²) in [4.78, 5) is 38.7. The number of hydrogen-bond donors (Lipinski definition) is 2. The number of benzene rings is 2. The molecule has 2 aliphatic carbocycles. The number of carbonyl (C=O) groups is 3. The zero-order valence-corrected chi connectivity index (χ0v) is 18.6. The summed E-state index contributed by atoms with van der Waals surface area (Å²) in [5, 5.41) is 4.44. The van der Waals surface area contributed by atoms with Gasteiger partial charge in [-0.25, -0.2) is 5.01 Å². The number of carbonyl (C=O) groups excluding carboxylic acids is 3. The van der Waals surface area contributed by atoms with E-state index in [1.807, 2.05) is 18.2 Å². The lowest BCUT2D eigenvalue weighted by Crippen LogP contribution is -2.59. The van der Waals surface area contributed by atoms with Gasteiger partial charge >= 0.3 is 0 Å². The minimum absolute atomic E-state index is 0.0329. The SMILES string of the molecule is O=C(NCC1(c2ccccc2)CCCC1)c1cccc(N2NC(=O)C3CC=CCC3C2=O)c1. The normalized spacial score (nSPS) is 23.7. The van der Waals surface area contributed by atoms with Gasteiger partial charge in [-0.2, -0.15) is 0 Å². The number of anilines is 1. The molecule has 170 valence electrons. The van der Waals surface area contributed by atoms with Crippen molar-refractivity contribution in [1.82, 2.24) is 10.7 Å². The zero-order chi connectivity index (χ0) is 22.8. The second kappa shape index (κ2) is 8.85. The van der Waals surface area contributed by atoms with Gasteiger partial charge in [0.2, 0.25) is 11.8 Å². The molecule has 1 saturated carbocycles. The molecule has 0 spiro atoms. The molecule has 0 bridgehead atoms. The number of hydrogen-bond acceptors (Lipinski definition) is 3. The highest BCUT2D eigenvalue weighted by molar-refractivity contribution is 6.05. The first-order chi connectivity index (χ1) is 16.1. The molecule has 2 atom stereocenters. The summed E-state index contributed by atoms with van der Waals surface area (Å²) < 4.78 is 0. The van der Waals surface area contributed by atoms with E-state index in [1.54, 1.807) is 24.3 Å². The summed E-state index contributed by atoms with van der Waals surface area (Å²) in [6.45, 7) is 0.579. The van der Waals surface area contributed by atoms with Crippen molar-refractivity contribution in [2.45, 2.75) is 43.9 Å². The highest BCUT2D eigenvalue weighted by Crippen LogP contribution is 2.40. The predicted octanol–water partition coefficient (Wildman–Crippen LogP) is 3.89. The van der Waals surface area contributed by atoms with Gasteiger partial charge in [0.05, 0.1) is 17.5 Å². The Morgan fingerprint density at radius 2 is 1.70 bits per heavy atom. The first kappa shape index (κ1) is 21.4. The molecule has 2 aromatic carbocycles. The predicted molar refractivity (Wildman–Crippen MR) is 126 cm³/mol. The number of fused-ring (bicyclic) bond motifs is 1. The number of nitrogens with zero attached hydrogens (tertiary/aromatic N) is 1. The minimum Gasteiger partial charge on any atom is -0.351 e.